The van der Waals surface area contributed by atoms with Gasteiger partial charge in [-0.1, -0.05) is 73.2 Å². The summed E-state index contributed by atoms with van der Waals surface area (Å²) in [4.78, 5) is 66.7. The SMILES string of the molecule is CC1(C)O[C@@H]2C[C@H]3[C@@H]4CCC5=CC(=O)C=C[C@]5(C)[C@@]4(F)[C@@H](O)C[C@]3(C)[C@]2(C(=O)COC(=O)c2ccc(C(=O)OCc3ccc(C(CCN)C(=O)Nc4ccc5ccccc5c4)cc3)cc2)O1. The van der Waals surface area contributed by atoms with Crippen LogP contribution in [0.15, 0.2) is 115 Å². The molecule has 13 heteroatoms. The minimum Gasteiger partial charge on any atom is -0.457 e. The number of esters is 2. The van der Waals surface area contributed by atoms with Gasteiger partial charge in [-0.15, -0.1) is 0 Å². The molecule has 4 aliphatic carbocycles. The number of rotatable bonds is 12. The van der Waals surface area contributed by atoms with Crippen LogP contribution in [0.2, 0.25) is 0 Å². The standard InChI is InChI=1S/C53H55FN2O10/c1-49(2)65-45-27-42-41-20-18-37-26-39(57)21-23-50(37,3)52(41,54)43(58)28-51(42,4)53(45,66-49)44(59)30-64-48(62)35-15-13-34(14-16-35)47(61)63-29-31-9-11-33(12-10-31)40(22-24-55)46(60)56-38-19-17-32-7-5-6-8-36(32)25-38/h5-17,19,21,23,25-26,40-43,45,58H,18,20,22,24,27-30,55H2,1-4H3,(H,56,60)/t40?,41-,42-,43-,45+,50-,51-,52-,53+/m0/s1. The zero-order valence-corrected chi connectivity index (χ0v) is 37.5. The van der Waals surface area contributed by atoms with E-state index >= 15 is 4.39 Å². The van der Waals surface area contributed by atoms with Gasteiger partial charge in [-0.2, -0.15) is 0 Å². The molecule has 1 heterocycles. The van der Waals surface area contributed by atoms with E-state index in [2.05, 4.69) is 5.32 Å². The number of halogens is 1. The molecule has 1 amide bonds. The Labute approximate surface area is 382 Å². The lowest BCUT2D eigenvalue weighted by Gasteiger charge is -2.62. The molecule has 5 aliphatic rings. The number of anilines is 1. The number of carbonyl (C=O) groups is 5. The Morgan fingerprint density at radius 1 is 0.894 bits per heavy atom. The van der Waals surface area contributed by atoms with Crippen molar-refractivity contribution in [3.05, 3.63) is 137 Å². The van der Waals surface area contributed by atoms with E-state index in [9.17, 15) is 29.1 Å². The summed E-state index contributed by atoms with van der Waals surface area (Å²) in [5.74, 6) is -5.15. The molecule has 4 N–H and O–H groups in total. The number of hydrogen-bond donors (Lipinski definition) is 3. The molecule has 344 valence electrons. The number of aliphatic hydroxyl groups is 1. The molecule has 9 atom stereocenters. The number of amides is 1. The van der Waals surface area contributed by atoms with E-state index in [4.69, 9.17) is 24.7 Å². The van der Waals surface area contributed by atoms with Crippen LogP contribution in [0.1, 0.15) is 97.6 Å². The second-order valence-electron chi connectivity index (χ2n) is 19.4. The second kappa shape index (κ2) is 16.8. The highest BCUT2D eigenvalue weighted by Gasteiger charge is 2.80. The fourth-order valence-corrected chi connectivity index (χ4v) is 12.1. The number of aliphatic hydroxyl groups excluding tert-OH is 1. The molecule has 4 fully saturated rings. The number of benzene rings is 4. The molecule has 66 heavy (non-hydrogen) atoms. The molecule has 1 saturated heterocycles. The Morgan fingerprint density at radius 2 is 1.58 bits per heavy atom. The van der Waals surface area contributed by atoms with Crippen LogP contribution in [0.25, 0.3) is 10.8 Å². The van der Waals surface area contributed by atoms with Crippen molar-refractivity contribution in [1.82, 2.24) is 0 Å². The quantitative estimate of drug-likeness (QED) is 0.118. The number of ketones is 2. The lowest BCUT2D eigenvalue weighted by molar-refractivity contribution is -0.246. The fourth-order valence-electron chi connectivity index (χ4n) is 12.1. The Balaban J connectivity index is 0.820. The summed E-state index contributed by atoms with van der Waals surface area (Å²) in [6.07, 6.45) is 3.60. The number of ether oxygens (including phenoxy) is 4. The normalized spacial score (nSPS) is 30.8. The minimum atomic E-state index is -2.11. The summed E-state index contributed by atoms with van der Waals surface area (Å²) in [5, 5.41) is 17.0. The predicted molar refractivity (Wildman–Crippen MR) is 243 cm³/mol. The lowest BCUT2D eigenvalue weighted by atomic mass is 9.44. The van der Waals surface area contributed by atoms with Gasteiger partial charge in [0.25, 0.3) is 0 Å². The second-order valence-corrected chi connectivity index (χ2v) is 19.4. The fraction of sp³-hybridized carbons (Fsp3) is 0.415. The summed E-state index contributed by atoms with van der Waals surface area (Å²) in [7, 11) is 0. The zero-order chi connectivity index (χ0) is 46.8. The number of nitrogens with two attached hydrogens (primary N) is 1. The first-order valence-electron chi connectivity index (χ1n) is 22.7. The summed E-state index contributed by atoms with van der Waals surface area (Å²) >= 11 is 0. The van der Waals surface area contributed by atoms with Gasteiger partial charge >= 0.3 is 11.9 Å². The first-order chi connectivity index (χ1) is 31.4. The van der Waals surface area contributed by atoms with Crippen molar-refractivity contribution in [3.63, 3.8) is 0 Å². The summed E-state index contributed by atoms with van der Waals surface area (Å²) < 4.78 is 41.9. The van der Waals surface area contributed by atoms with Crippen molar-refractivity contribution >= 4 is 45.9 Å². The topological polar surface area (TPSA) is 181 Å². The van der Waals surface area contributed by atoms with E-state index in [0.717, 1.165) is 16.3 Å². The van der Waals surface area contributed by atoms with Crippen molar-refractivity contribution < 1.29 is 52.4 Å². The summed E-state index contributed by atoms with van der Waals surface area (Å²) in [6.45, 7) is 6.58. The van der Waals surface area contributed by atoms with Crippen LogP contribution in [-0.4, -0.2) is 76.9 Å². The first kappa shape index (κ1) is 45.3. The van der Waals surface area contributed by atoms with E-state index in [1.54, 1.807) is 39.0 Å². The van der Waals surface area contributed by atoms with Gasteiger partial charge < -0.3 is 35.1 Å². The van der Waals surface area contributed by atoms with Gasteiger partial charge in [-0.3, -0.25) is 14.4 Å². The van der Waals surface area contributed by atoms with E-state index in [0.29, 0.717) is 49.1 Å². The number of Topliss-reactive ketones (excluding diaryl/α,β-unsaturated/α-hetero) is 1. The van der Waals surface area contributed by atoms with Crippen LogP contribution in [0.5, 0.6) is 0 Å². The van der Waals surface area contributed by atoms with Crippen molar-refractivity contribution in [1.29, 1.82) is 0 Å². The van der Waals surface area contributed by atoms with Crippen LogP contribution in [0, 0.1) is 22.7 Å². The molecular weight excluding hydrogens is 844 g/mol. The molecule has 1 unspecified atom stereocenters. The predicted octanol–water partition coefficient (Wildman–Crippen LogP) is 7.86. The van der Waals surface area contributed by atoms with Crippen LogP contribution in [0.3, 0.4) is 0 Å². The minimum absolute atomic E-state index is 0.0412. The number of carbonyl (C=O) groups excluding carboxylic acids is 5. The highest BCUT2D eigenvalue weighted by molar-refractivity contribution is 6.01. The van der Waals surface area contributed by atoms with E-state index in [1.807, 2.05) is 61.5 Å². The van der Waals surface area contributed by atoms with Crippen molar-refractivity contribution in [3.8, 4) is 0 Å². The molecular formula is C53H55FN2O10. The highest BCUT2D eigenvalue weighted by atomic mass is 19.1. The first-order valence-corrected chi connectivity index (χ1v) is 22.7. The molecule has 0 aromatic heterocycles. The Bertz CT molecular complexity index is 2680. The van der Waals surface area contributed by atoms with E-state index < -0.39 is 82.2 Å². The smallest absolute Gasteiger partial charge is 0.338 e. The number of fused-ring (bicyclic) bond motifs is 8. The maximum atomic E-state index is 17.8. The molecule has 4 aromatic carbocycles. The molecule has 0 spiro atoms. The zero-order valence-electron chi connectivity index (χ0n) is 37.5. The van der Waals surface area contributed by atoms with Crippen molar-refractivity contribution in [2.24, 2.45) is 28.4 Å². The third kappa shape index (κ3) is 7.40. The van der Waals surface area contributed by atoms with Crippen molar-refractivity contribution in [2.45, 2.75) is 102 Å². The van der Waals surface area contributed by atoms with E-state index in [-0.39, 0.29) is 35.8 Å². The van der Waals surface area contributed by atoms with Gasteiger partial charge in [0.15, 0.2) is 29.4 Å². The van der Waals surface area contributed by atoms with Gasteiger partial charge in [-0.25, -0.2) is 14.0 Å². The van der Waals surface area contributed by atoms with Crippen LogP contribution in [-0.2, 0) is 39.9 Å². The maximum absolute atomic E-state index is 17.8. The van der Waals surface area contributed by atoms with Gasteiger partial charge in [0.05, 0.1) is 29.3 Å². The lowest BCUT2D eigenvalue weighted by Crippen LogP contribution is -2.70. The Hall–Kier alpha value is -5.86. The summed E-state index contributed by atoms with van der Waals surface area (Å²) in [6, 6.07) is 26.6. The molecule has 0 radical (unpaired) electrons. The van der Waals surface area contributed by atoms with Gasteiger partial charge in [0, 0.05) is 22.4 Å². The van der Waals surface area contributed by atoms with Gasteiger partial charge in [0.2, 0.25) is 11.7 Å². The largest absolute Gasteiger partial charge is 0.457 e. The molecule has 0 bridgehead atoms. The van der Waals surface area contributed by atoms with Crippen molar-refractivity contribution in [2.75, 3.05) is 18.5 Å². The summed E-state index contributed by atoms with van der Waals surface area (Å²) in [5.41, 5.74) is 2.95. The molecule has 3 saturated carbocycles. The Morgan fingerprint density at radius 3 is 2.27 bits per heavy atom. The number of allylic oxidation sites excluding steroid dienone is 4. The monoisotopic (exact) mass is 898 g/mol. The average Bonchev–Trinajstić information content (AvgIpc) is 3.71. The van der Waals surface area contributed by atoms with Gasteiger partial charge in [0.1, 0.15) is 6.61 Å². The third-order valence-electron chi connectivity index (χ3n) is 15.3. The Kier molecular flexibility index (Phi) is 11.5. The van der Waals surface area contributed by atoms with Crippen LogP contribution >= 0.6 is 0 Å². The average molecular weight is 899 g/mol. The molecule has 12 nitrogen and oxygen atoms in total. The number of nitrogens with one attached hydrogen (secondary N) is 1. The third-order valence-corrected chi connectivity index (χ3v) is 15.3. The maximum Gasteiger partial charge on any atom is 0.338 e. The molecule has 9 rings (SSSR count). The van der Waals surface area contributed by atoms with E-state index in [1.165, 1.54) is 36.4 Å². The van der Waals surface area contributed by atoms with Crippen LogP contribution < -0.4 is 11.1 Å². The van der Waals surface area contributed by atoms with Crippen LogP contribution in [0.4, 0.5) is 10.1 Å². The van der Waals surface area contributed by atoms with Gasteiger partial charge in [-0.05, 0) is 136 Å². The number of hydrogen-bond acceptors (Lipinski definition) is 11. The number of alkyl halides is 1. The molecule has 4 aromatic rings. The molecule has 1 aliphatic heterocycles. The highest BCUT2D eigenvalue weighted by Crippen LogP contribution is 2.72.